The van der Waals surface area contributed by atoms with E-state index in [1.807, 2.05) is 0 Å². The molecular weight excluding hydrogens is 801 g/mol. The molecule has 1 aliphatic heterocycles. The van der Waals surface area contributed by atoms with Gasteiger partial charge in [0.15, 0.2) is 18.5 Å². The molecule has 1 fully saturated rings. The van der Waals surface area contributed by atoms with Gasteiger partial charge in [0, 0.05) is 12.8 Å². The van der Waals surface area contributed by atoms with Gasteiger partial charge < -0.3 is 39.4 Å². The zero-order valence-electron chi connectivity index (χ0n) is 39.6. The third-order valence-electron chi connectivity index (χ3n) is 11.4. The van der Waals surface area contributed by atoms with Crippen molar-refractivity contribution >= 4 is 17.9 Å². The number of carbonyl (C=O) groups excluding carboxylic acids is 2. The number of aliphatic hydroxyl groups excluding tert-OH is 3. The fourth-order valence-corrected chi connectivity index (χ4v) is 7.52. The van der Waals surface area contributed by atoms with E-state index in [4.69, 9.17) is 18.9 Å². The molecule has 63 heavy (non-hydrogen) atoms. The highest BCUT2D eigenvalue weighted by atomic mass is 16.7. The lowest BCUT2D eigenvalue weighted by atomic mass is 9.99. The summed E-state index contributed by atoms with van der Waals surface area (Å²) in [7, 11) is 0. The van der Waals surface area contributed by atoms with E-state index in [9.17, 15) is 34.8 Å². The Hall–Kier alpha value is -2.83. The monoisotopic (exact) mass is 891 g/mol. The van der Waals surface area contributed by atoms with Gasteiger partial charge in [-0.15, -0.1) is 0 Å². The van der Waals surface area contributed by atoms with Crippen molar-refractivity contribution in [2.24, 2.45) is 0 Å². The van der Waals surface area contributed by atoms with Crippen molar-refractivity contribution in [3.8, 4) is 0 Å². The van der Waals surface area contributed by atoms with Crippen LogP contribution in [0.2, 0.25) is 0 Å². The molecule has 1 rings (SSSR count). The van der Waals surface area contributed by atoms with Crippen LogP contribution in [0.5, 0.6) is 0 Å². The Labute approximate surface area is 382 Å². The maximum Gasteiger partial charge on any atom is 0.335 e. The molecule has 0 saturated carbocycles. The van der Waals surface area contributed by atoms with Crippen LogP contribution >= 0.6 is 0 Å². The van der Waals surface area contributed by atoms with E-state index in [0.717, 1.165) is 83.5 Å². The highest BCUT2D eigenvalue weighted by molar-refractivity contribution is 5.73. The van der Waals surface area contributed by atoms with Crippen LogP contribution in [0.1, 0.15) is 213 Å². The lowest BCUT2D eigenvalue weighted by Gasteiger charge is -2.38. The van der Waals surface area contributed by atoms with Crippen LogP contribution in [-0.4, -0.2) is 88.4 Å². The van der Waals surface area contributed by atoms with E-state index in [1.165, 1.54) is 89.9 Å². The fraction of sp³-hybridized carbons (Fsp3) is 0.788. The van der Waals surface area contributed by atoms with Gasteiger partial charge in [0.05, 0.1) is 6.61 Å². The van der Waals surface area contributed by atoms with E-state index >= 15 is 0 Å². The molecule has 0 spiro atoms. The van der Waals surface area contributed by atoms with Gasteiger partial charge in [-0.25, -0.2) is 4.79 Å². The lowest BCUT2D eigenvalue weighted by Crippen LogP contribution is -2.60. The third kappa shape index (κ3) is 33.3. The lowest BCUT2D eigenvalue weighted by molar-refractivity contribution is -0.298. The van der Waals surface area contributed by atoms with Crippen molar-refractivity contribution in [1.29, 1.82) is 0 Å². The normalized spacial score (nSPS) is 19.8. The largest absolute Gasteiger partial charge is 0.479 e. The number of ether oxygens (including phenoxy) is 4. The second kappa shape index (κ2) is 41.8. The number of carboxylic acids is 1. The number of aliphatic carboxylic acids is 1. The van der Waals surface area contributed by atoms with Crippen molar-refractivity contribution in [2.45, 2.75) is 250 Å². The minimum absolute atomic E-state index is 0.182. The number of carbonyl (C=O) groups is 3. The topological polar surface area (TPSA) is 169 Å². The number of allylic oxidation sites excluding steroid dienone is 8. The van der Waals surface area contributed by atoms with Crippen molar-refractivity contribution in [3.05, 3.63) is 48.6 Å². The average molecular weight is 891 g/mol. The van der Waals surface area contributed by atoms with E-state index in [-0.39, 0.29) is 19.4 Å². The van der Waals surface area contributed by atoms with Gasteiger partial charge in [-0.3, -0.25) is 9.59 Å². The van der Waals surface area contributed by atoms with Crippen LogP contribution in [0.3, 0.4) is 0 Å². The standard InChI is InChI=1S/C52H90O11/c1-3-5-7-9-11-13-15-17-19-21-23-25-26-28-30-32-34-36-38-40-45(53)60-42-44(43-61-52-49(57)47(55)48(56)50(63-52)51(58)59)62-46(54)41-39-37-35-33-31-29-27-24-22-20-18-16-14-12-10-8-6-4-2/h5,7,11,13,17,19,23,25,44,47-50,52,55-57H,3-4,6,8-10,12,14-16,18,20-22,24,26-43H2,1-2H3,(H,58,59)/b7-5-,13-11-,19-17-,25-23-. The summed E-state index contributed by atoms with van der Waals surface area (Å²) in [5.41, 5.74) is 0. The summed E-state index contributed by atoms with van der Waals surface area (Å²) >= 11 is 0. The van der Waals surface area contributed by atoms with Gasteiger partial charge in [0.1, 0.15) is 24.9 Å². The van der Waals surface area contributed by atoms with Crippen molar-refractivity contribution in [1.82, 2.24) is 0 Å². The highest BCUT2D eigenvalue weighted by Gasteiger charge is 2.47. The summed E-state index contributed by atoms with van der Waals surface area (Å²) in [6.45, 7) is 3.71. The van der Waals surface area contributed by atoms with Crippen LogP contribution in [0, 0.1) is 0 Å². The Morgan fingerprint density at radius 2 is 0.937 bits per heavy atom. The predicted octanol–water partition coefficient (Wildman–Crippen LogP) is 11.7. The number of rotatable bonds is 42. The van der Waals surface area contributed by atoms with Gasteiger partial charge in [-0.2, -0.15) is 0 Å². The molecule has 11 heteroatoms. The minimum Gasteiger partial charge on any atom is -0.479 e. The Balaban J connectivity index is 2.32. The van der Waals surface area contributed by atoms with Crippen molar-refractivity contribution < 1.29 is 53.8 Å². The Kier molecular flexibility index (Phi) is 38.6. The first-order chi connectivity index (χ1) is 30.7. The number of aliphatic hydroxyl groups is 3. The molecular formula is C52H90O11. The SMILES string of the molecule is CC/C=C\C/C=C\C/C=C\C/C=C\CCCCCCCCC(=O)OCC(COC1OC(C(=O)O)C(O)C(O)C1O)OC(=O)CCCCCCCCCCCCCCCCCCCC. The Morgan fingerprint density at radius 1 is 0.508 bits per heavy atom. The zero-order valence-corrected chi connectivity index (χ0v) is 39.6. The molecule has 11 nitrogen and oxygen atoms in total. The van der Waals surface area contributed by atoms with Crippen LogP contribution < -0.4 is 0 Å². The van der Waals surface area contributed by atoms with Crippen molar-refractivity contribution in [2.75, 3.05) is 13.2 Å². The summed E-state index contributed by atoms with van der Waals surface area (Å²) in [6, 6.07) is 0. The quantitative estimate of drug-likeness (QED) is 0.0261. The number of unbranched alkanes of at least 4 members (excludes halogenated alkanes) is 23. The van der Waals surface area contributed by atoms with Crippen LogP contribution in [0.4, 0.5) is 0 Å². The molecule has 1 aliphatic rings. The maximum absolute atomic E-state index is 12.8. The molecule has 0 aromatic rings. The van der Waals surface area contributed by atoms with Gasteiger partial charge in [0.2, 0.25) is 0 Å². The average Bonchev–Trinajstić information content (AvgIpc) is 3.27. The molecule has 4 N–H and O–H groups in total. The second-order valence-corrected chi connectivity index (χ2v) is 17.3. The Morgan fingerprint density at radius 3 is 1.41 bits per heavy atom. The molecule has 0 bridgehead atoms. The van der Waals surface area contributed by atoms with E-state index in [0.29, 0.717) is 12.8 Å². The molecule has 6 unspecified atom stereocenters. The first-order valence-corrected chi connectivity index (χ1v) is 25.2. The van der Waals surface area contributed by atoms with E-state index in [1.54, 1.807) is 0 Å². The number of hydrogen-bond acceptors (Lipinski definition) is 10. The Bertz CT molecular complexity index is 1230. The molecule has 364 valence electrons. The third-order valence-corrected chi connectivity index (χ3v) is 11.4. The van der Waals surface area contributed by atoms with Gasteiger partial charge in [-0.05, 0) is 51.4 Å². The molecule has 0 aliphatic carbocycles. The number of carboxylic acid groups (broad SMARTS) is 1. The van der Waals surface area contributed by atoms with Crippen LogP contribution in [0.15, 0.2) is 48.6 Å². The zero-order chi connectivity index (χ0) is 46.0. The highest BCUT2D eigenvalue weighted by Crippen LogP contribution is 2.23. The molecule has 0 aromatic carbocycles. The maximum atomic E-state index is 12.8. The summed E-state index contributed by atoms with van der Waals surface area (Å²) in [5.74, 6) is -2.45. The molecule has 1 heterocycles. The minimum atomic E-state index is -1.86. The summed E-state index contributed by atoms with van der Waals surface area (Å²) in [5, 5.41) is 39.9. The first kappa shape index (κ1) is 58.2. The number of esters is 2. The molecule has 6 atom stereocenters. The summed E-state index contributed by atoms with van der Waals surface area (Å²) in [6.07, 6.45) is 41.5. The van der Waals surface area contributed by atoms with Crippen molar-refractivity contribution in [3.63, 3.8) is 0 Å². The van der Waals surface area contributed by atoms with Crippen LogP contribution in [-0.2, 0) is 33.3 Å². The molecule has 0 radical (unpaired) electrons. The molecule has 0 amide bonds. The van der Waals surface area contributed by atoms with E-state index < -0.39 is 61.3 Å². The second-order valence-electron chi connectivity index (χ2n) is 17.3. The smallest absolute Gasteiger partial charge is 0.335 e. The number of hydrogen-bond donors (Lipinski definition) is 4. The van der Waals surface area contributed by atoms with E-state index in [2.05, 4.69) is 62.5 Å². The van der Waals surface area contributed by atoms with Gasteiger partial charge in [-0.1, -0.05) is 197 Å². The summed E-state index contributed by atoms with van der Waals surface area (Å²) < 4.78 is 21.8. The molecule has 1 saturated heterocycles. The van der Waals surface area contributed by atoms with Gasteiger partial charge >= 0.3 is 17.9 Å². The molecule has 0 aromatic heterocycles. The fourth-order valence-electron chi connectivity index (χ4n) is 7.52. The van der Waals surface area contributed by atoms with Crippen LogP contribution in [0.25, 0.3) is 0 Å². The summed E-state index contributed by atoms with van der Waals surface area (Å²) in [4.78, 5) is 37.0. The first-order valence-electron chi connectivity index (χ1n) is 25.2. The van der Waals surface area contributed by atoms with Gasteiger partial charge in [0.25, 0.3) is 0 Å². The predicted molar refractivity (Wildman–Crippen MR) is 252 cm³/mol.